The lowest BCUT2D eigenvalue weighted by molar-refractivity contribution is -0.139. The van der Waals surface area contributed by atoms with Crippen LogP contribution in [0, 0.1) is 5.92 Å². The molecule has 0 bridgehead atoms. The minimum Gasteiger partial charge on any atom is -0.492 e. The highest BCUT2D eigenvalue weighted by Gasteiger charge is 2.39. The van der Waals surface area contributed by atoms with E-state index in [1.54, 1.807) is 110 Å². The summed E-state index contributed by atoms with van der Waals surface area (Å²) in [6.45, 7) is 13.5. The number of carbonyl (C=O) groups excluding carboxylic acids is 8. The molecule has 2 aliphatic heterocycles. The lowest BCUT2D eigenvalue weighted by atomic mass is 9.90. The molecule has 0 unspecified atom stereocenters. The van der Waals surface area contributed by atoms with Gasteiger partial charge in [0.05, 0.1) is 38.4 Å². The minimum atomic E-state index is -0.972. The van der Waals surface area contributed by atoms with Crippen molar-refractivity contribution in [2.24, 2.45) is 11.7 Å². The Morgan fingerprint density at radius 2 is 1.40 bits per heavy atom. The van der Waals surface area contributed by atoms with E-state index in [1.165, 1.54) is 11.8 Å². The summed E-state index contributed by atoms with van der Waals surface area (Å²) in [5.74, 6) is -1.71. The fourth-order valence-corrected chi connectivity index (χ4v) is 9.25. The van der Waals surface area contributed by atoms with Crippen molar-refractivity contribution < 1.29 is 57.3 Å². The number of urea groups is 1. The highest BCUT2D eigenvalue weighted by Crippen LogP contribution is 2.43. The number of anilines is 5. The normalized spacial score (nSPS) is 16.8. The average molecular weight is 1120 g/mol. The predicted molar refractivity (Wildman–Crippen MR) is 307 cm³/mol. The first kappa shape index (κ1) is 62.1. The van der Waals surface area contributed by atoms with Crippen LogP contribution in [-0.2, 0) is 49.6 Å². The molecule has 6 rings (SSSR count). The number of piperazine rings is 1. The number of hydrogen-bond donors (Lipinski definition) is 7. The van der Waals surface area contributed by atoms with Crippen LogP contribution < -0.4 is 52.2 Å². The standard InChI is InChI=1S/C58H77N11O12/c1-8-52(72)68-38(4)33-49(47-11-9-10-12-48(47)68)69(58(77)81-35-41-13-15-43(16-14-41)63-54(73)39(5)61-55(74)53(37(2)3)65-51(71)36-79-32-31-78-29-25-59)45-21-17-42(18-22-45)62-50(70)34-60-57(76)64-44-19-23-46(24-20-44)80-30-28-67-27-26-66(7)56(75)40(67)6/h9-24,37-40,49,53H,8,25-36,59H2,1-7H3,(H,61,74)(H,62,70)(H,63,73)(H,65,71)(H2,60,64,76)/t38-,39-,40+,49+,53-/m0/s1. The van der Waals surface area contributed by atoms with Crippen molar-refractivity contribution in [3.63, 3.8) is 0 Å². The van der Waals surface area contributed by atoms with Crippen LogP contribution in [0.2, 0.25) is 0 Å². The average Bonchev–Trinajstić information content (AvgIpc) is 3.52. The van der Waals surface area contributed by atoms with Crippen LogP contribution in [0.1, 0.15) is 71.6 Å². The van der Waals surface area contributed by atoms with Gasteiger partial charge in [0.25, 0.3) is 0 Å². The Morgan fingerprint density at radius 1 is 0.741 bits per heavy atom. The number of fused-ring (bicyclic) bond motifs is 1. The number of likely N-dealkylation sites (N-methyl/N-ethyl adjacent to an activating group) is 1. The van der Waals surface area contributed by atoms with Crippen LogP contribution >= 0.6 is 0 Å². The van der Waals surface area contributed by atoms with Gasteiger partial charge in [-0.05, 0) is 111 Å². The van der Waals surface area contributed by atoms with Gasteiger partial charge >= 0.3 is 12.1 Å². The molecule has 0 spiro atoms. The van der Waals surface area contributed by atoms with E-state index in [0.29, 0.717) is 85.4 Å². The monoisotopic (exact) mass is 1120 g/mol. The highest BCUT2D eigenvalue weighted by molar-refractivity contribution is 6.00. The van der Waals surface area contributed by atoms with Crippen molar-refractivity contribution in [2.45, 2.75) is 91.2 Å². The zero-order valence-corrected chi connectivity index (χ0v) is 47.2. The van der Waals surface area contributed by atoms with E-state index in [2.05, 4.69) is 36.8 Å². The molecule has 0 saturated carbocycles. The minimum absolute atomic E-state index is 0.0546. The SMILES string of the molecule is CCC(=O)N1c2ccccc2[C@H](N(C(=O)OCc2ccc(NC(=O)[C@H](C)NC(=O)[C@@H](NC(=O)COCCOCCN)C(C)C)cc2)c2ccc(NC(=O)CNC(=O)Nc3ccc(OCCN4CCN(C)C(=O)[C@H]4C)cc3)cc2)C[C@@H]1C. The van der Waals surface area contributed by atoms with Crippen LogP contribution in [0.5, 0.6) is 5.75 Å². The van der Waals surface area contributed by atoms with Crippen molar-refractivity contribution >= 4 is 76.0 Å². The smallest absolute Gasteiger partial charge is 0.415 e. The number of nitrogens with one attached hydrogen (secondary N) is 6. The summed E-state index contributed by atoms with van der Waals surface area (Å²) in [5.41, 5.74) is 9.17. The van der Waals surface area contributed by atoms with Gasteiger partial charge in [0.2, 0.25) is 35.4 Å². The molecule has 2 aliphatic rings. The molecule has 2 heterocycles. The van der Waals surface area contributed by atoms with Gasteiger partial charge < -0.3 is 66.4 Å². The Morgan fingerprint density at radius 3 is 2.09 bits per heavy atom. The number of rotatable bonds is 26. The second-order valence-corrected chi connectivity index (χ2v) is 20.1. The molecule has 9 amide bonds. The Labute approximate surface area is 472 Å². The lowest BCUT2D eigenvalue weighted by Crippen LogP contribution is -2.55. The zero-order valence-electron chi connectivity index (χ0n) is 47.2. The fraction of sp³-hybridized carbons (Fsp3) is 0.448. The number of hydrogen-bond acceptors (Lipinski definition) is 14. The Kier molecular flexibility index (Phi) is 23.3. The van der Waals surface area contributed by atoms with E-state index in [4.69, 9.17) is 24.7 Å². The molecule has 0 radical (unpaired) electrons. The number of para-hydroxylation sites is 1. The Hall–Kier alpha value is -8.12. The number of benzene rings is 4. The van der Waals surface area contributed by atoms with Gasteiger partial charge in [-0.1, -0.05) is 51.1 Å². The third kappa shape index (κ3) is 17.9. The number of amides is 9. The molecule has 436 valence electrons. The van der Waals surface area contributed by atoms with Crippen LogP contribution in [0.4, 0.5) is 38.0 Å². The first-order chi connectivity index (χ1) is 38.9. The van der Waals surface area contributed by atoms with Crippen LogP contribution in [0.25, 0.3) is 0 Å². The quantitative estimate of drug-likeness (QED) is 0.0409. The molecule has 23 heteroatoms. The van der Waals surface area contributed by atoms with Crippen molar-refractivity contribution in [1.82, 2.24) is 25.8 Å². The van der Waals surface area contributed by atoms with E-state index in [9.17, 15) is 38.4 Å². The summed E-state index contributed by atoms with van der Waals surface area (Å²) in [5, 5.41) is 16.1. The van der Waals surface area contributed by atoms with Gasteiger partial charge in [-0.25, -0.2) is 9.59 Å². The van der Waals surface area contributed by atoms with E-state index >= 15 is 0 Å². The lowest BCUT2D eigenvalue weighted by Gasteiger charge is -2.43. The molecule has 23 nitrogen and oxygen atoms in total. The summed E-state index contributed by atoms with van der Waals surface area (Å²) in [6.07, 6.45) is -0.0115. The zero-order chi connectivity index (χ0) is 58.6. The van der Waals surface area contributed by atoms with Gasteiger partial charge in [-0.3, -0.25) is 38.6 Å². The number of nitrogens with two attached hydrogens (primary N) is 1. The van der Waals surface area contributed by atoms with E-state index in [0.717, 1.165) is 12.1 Å². The summed E-state index contributed by atoms with van der Waals surface area (Å²) in [4.78, 5) is 112. The summed E-state index contributed by atoms with van der Waals surface area (Å²) in [7, 11) is 1.80. The highest BCUT2D eigenvalue weighted by atomic mass is 16.6. The maximum absolute atomic E-state index is 14.5. The van der Waals surface area contributed by atoms with Crippen molar-refractivity contribution in [3.05, 3.63) is 108 Å². The second-order valence-electron chi connectivity index (χ2n) is 20.1. The molecule has 0 aliphatic carbocycles. The molecule has 0 aromatic heterocycles. The first-order valence-corrected chi connectivity index (χ1v) is 27.3. The summed E-state index contributed by atoms with van der Waals surface area (Å²) < 4.78 is 22.4. The fourth-order valence-electron chi connectivity index (χ4n) is 9.25. The topological polar surface area (TPSA) is 285 Å². The van der Waals surface area contributed by atoms with Gasteiger partial charge in [-0.15, -0.1) is 0 Å². The molecule has 4 aromatic rings. The van der Waals surface area contributed by atoms with E-state index in [1.807, 2.05) is 38.1 Å². The second kappa shape index (κ2) is 30.5. The molecule has 4 aromatic carbocycles. The molecule has 1 fully saturated rings. The first-order valence-electron chi connectivity index (χ1n) is 27.3. The van der Waals surface area contributed by atoms with Gasteiger partial charge in [0.15, 0.2) is 0 Å². The largest absolute Gasteiger partial charge is 0.492 e. The van der Waals surface area contributed by atoms with Crippen LogP contribution in [0.3, 0.4) is 0 Å². The Bertz CT molecular complexity index is 2780. The Balaban J connectivity index is 1.03. The third-order valence-electron chi connectivity index (χ3n) is 13.7. The molecule has 1 saturated heterocycles. The predicted octanol–water partition coefficient (Wildman–Crippen LogP) is 4.98. The molecule has 5 atom stereocenters. The summed E-state index contributed by atoms with van der Waals surface area (Å²) >= 11 is 0. The van der Waals surface area contributed by atoms with Crippen molar-refractivity contribution in [1.29, 1.82) is 0 Å². The number of carbonyl (C=O) groups is 8. The van der Waals surface area contributed by atoms with Crippen molar-refractivity contribution in [2.75, 3.05) is 98.6 Å². The van der Waals surface area contributed by atoms with Gasteiger partial charge in [-0.2, -0.15) is 0 Å². The summed E-state index contributed by atoms with van der Waals surface area (Å²) in [6, 6.07) is 23.9. The molecule has 81 heavy (non-hydrogen) atoms. The van der Waals surface area contributed by atoms with E-state index < -0.39 is 53.9 Å². The maximum Gasteiger partial charge on any atom is 0.415 e. The maximum atomic E-state index is 14.5. The third-order valence-corrected chi connectivity index (χ3v) is 13.7. The van der Waals surface area contributed by atoms with Gasteiger partial charge in [0.1, 0.15) is 37.7 Å². The van der Waals surface area contributed by atoms with Crippen molar-refractivity contribution in [3.8, 4) is 5.75 Å². The number of nitrogens with zero attached hydrogens (tertiary/aromatic N) is 4. The molecular formula is C58H77N11O12. The van der Waals surface area contributed by atoms with Crippen LogP contribution in [-0.4, -0.2) is 154 Å². The number of ether oxygens (including phenoxy) is 4. The van der Waals surface area contributed by atoms with Crippen LogP contribution in [0.15, 0.2) is 97.1 Å². The molecule has 8 N–H and O–H groups in total. The van der Waals surface area contributed by atoms with E-state index in [-0.39, 0.29) is 62.8 Å². The molecular weight excluding hydrogens is 1040 g/mol. The van der Waals surface area contributed by atoms with Gasteiger partial charge in [0, 0.05) is 74.1 Å².